The Labute approximate surface area is 115 Å². The third-order valence-corrected chi connectivity index (χ3v) is 3.44. The Morgan fingerprint density at radius 2 is 2.00 bits per heavy atom. The number of carbonyl (C=O) groups is 1. The standard InChI is InChI=1S/C14H20N2O.ClH/c1-4-14(2,3)16-13(17)10-5-6-11-8-15-9-12(11)7-10;/h5-7,15H,4,8-9H2,1-3H3,(H,16,17);1H. The second kappa shape index (κ2) is 5.72. The van der Waals surface area contributed by atoms with E-state index in [1.54, 1.807) is 0 Å². The number of halogens is 1. The normalized spacial score (nSPS) is 13.7. The van der Waals surface area contributed by atoms with Crippen LogP contribution in [-0.4, -0.2) is 11.4 Å². The Balaban J connectivity index is 0.00000162. The van der Waals surface area contributed by atoms with Gasteiger partial charge in [-0.3, -0.25) is 4.79 Å². The van der Waals surface area contributed by atoms with Crippen LogP contribution >= 0.6 is 12.4 Å². The molecule has 1 amide bonds. The highest BCUT2D eigenvalue weighted by molar-refractivity contribution is 5.95. The number of amides is 1. The van der Waals surface area contributed by atoms with E-state index < -0.39 is 0 Å². The molecule has 0 fully saturated rings. The van der Waals surface area contributed by atoms with Crippen molar-refractivity contribution in [3.63, 3.8) is 0 Å². The Morgan fingerprint density at radius 3 is 2.67 bits per heavy atom. The van der Waals surface area contributed by atoms with Gasteiger partial charge in [0.25, 0.3) is 5.91 Å². The minimum atomic E-state index is -0.144. The van der Waals surface area contributed by atoms with E-state index in [0.29, 0.717) is 0 Å². The molecule has 0 saturated carbocycles. The number of benzene rings is 1. The first kappa shape index (κ1) is 15.0. The molecule has 1 aliphatic rings. The van der Waals surface area contributed by atoms with E-state index in [-0.39, 0.29) is 23.9 Å². The summed E-state index contributed by atoms with van der Waals surface area (Å²) in [5.74, 6) is 0.0200. The van der Waals surface area contributed by atoms with Gasteiger partial charge in [0, 0.05) is 24.2 Å². The van der Waals surface area contributed by atoms with E-state index in [2.05, 4.69) is 17.6 Å². The highest BCUT2D eigenvalue weighted by atomic mass is 35.5. The maximum absolute atomic E-state index is 12.1. The minimum absolute atomic E-state index is 0. The lowest BCUT2D eigenvalue weighted by Gasteiger charge is -2.24. The summed E-state index contributed by atoms with van der Waals surface area (Å²) < 4.78 is 0. The van der Waals surface area contributed by atoms with Gasteiger partial charge in [-0.25, -0.2) is 0 Å². The molecular weight excluding hydrogens is 248 g/mol. The molecule has 0 saturated heterocycles. The quantitative estimate of drug-likeness (QED) is 0.885. The van der Waals surface area contributed by atoms with Crippen molar-refractivity contribution in [2.45, 2.75) is 45.8 Å². The molecule has 18 heavy (non-hydrogen) atoms. The van der Waals surface area contributed by atoms with Gasteiger partial charge in [-0.15, -0.1) is 12.4 Å². The molecule has 3 nitrogen and oxygen atoms in total. The second-order valence-electron chi connectivity index (χ2n) is 5.28. The lowest BCUT2D eigenvalue weighted by atomic mass is 10.0. The molecule has 2 N–H and O–H groups in total. The van der Waals surface area contributed by atoms with Crippen molar-refractivity contribution in [3.8, 4) is 0 Å². The van der Waals surface area contributed by atoms with Crippen molar-refractivity contribution < 1.29 is 4.79 Å². The van der Waals surface area contributed by atoms with Crippen LogP contribution in [0.1, 0.15) is 48.7 Å². The molecule has 1 heterocycles. The van der Waals surface area contributed by atoms with Gasteiger partial charge in [0.05, 0.1) is 0 Å². The van der Waals surface area contributed by atoms with E-state index in [0.717, 1.165) is 25.1 Å². The van der Waals surface area contributed by atoms with Crippen LogP contribution in [0.2, 0.25) is 0 Å². The number of hydrogen-bond acceptors (Lipinski definition) is 2. The van der Waals surface area contributed by atoms with Gasteiger partial charge in [0.1, 0.15) is 0 Å². The van der Waals surface area contributed by atoms with E-state index in [4.69, 9.17) is 0 Å². The Bertz CT molecular complexity index is 443. The monoisotopic (exact) mass is 268 g/mol. The Kier molecular flexibility index (Phi) is 4.77. The summed E-state index contributed by atoms with van der Waals surface area (Å²) in [7, 11) is 0. The van der Waals surface area contributed by atoms with Gasteiger partial charge in [0.15, 0.2) is 0 Å². The topological polar surface area (TPSA) is 41.1 Å². The molecule has 0 aromatic heterocycles. The molecule has 0 bridgehead atoms. The van der Waals surface area contributed by atoms with Crippen molar-refractivity contribution in [2.75, 3.05) is 0 Å². The van der Waals surface area contributed by atoms with Gasteiger partial charge in [-0.1, -0.05) is 13.0 Å². The molecule has 0 aliphatic carbocycles. The Hall–Kier alpha value is -1.06. The second-order valence-corrected chi connectivity index (χ2v) is 5.28. The maximum Gasteiger partial charge on any atom is 0.251 e. The predicted octanol–water partition coefficient (Wildman–Crippen LogP) is 2.63. The highest BCUT2D eigenvalue weighted by Crippen LogP contribution is 2.18. The molecule has 1 aromatic rings. The summed E-state index contributed by atoms with van der Waals surface area (Å²) >= 11 is 0. The number of rotatable bonds is 3. The number of nitrogens with one attached hydrogen (secondary N) is 2. The van der Waals surface area contributed by atoms with Gasteiger partial charge in [-0.2, -0.15) is 0 Å². The number of fused-ring (bicyclic) bond motifs is 1. The molecular formula is C14H21ClN2O. The van der Waals surface area contributed by atoms with Crippen LogP contribution in [0.15, 0.2) is 18.2 Å². The molecule has 1 aliphatic heterocycles. The fourth-order valence-electron chi connectivity index (χ4n) is 1.90. The summed E-state index contributed by atoms with van der Waals surface area (Å²) in [5, 5.41) is 6.34. The molecule has 0 spiro atoms. The van der Waals surface area contributed by atoms with Gasteiger partial charge in [-0.05, 0) is 43.5 Å². The first-order chi connectivity index (χ1) is 8.02. The van der Waals surface area contributed by atoms with Crippen LogP contribution in [-0.2, 0) is 13.1 Å². The number of carbonyl (C=O) groups excluding carboxylic acids is 1. The van der Waals surface area contributed by atoms with Crippen LogP contribution in [0.3, 0.4) is 0 Å². The van der Waals surface area contributed by atoms with E-state index >= 15 is 0 Å². The van der Waals surface area contributed by atoms with Crippen LogP contribution < -0.4 is 10.6 Å². The first-order valence-corrected chi connectivity index (χ1v) is 6.17. The molecule has 0 atom stereocenters. The molecule has 1 aromatic carbocycles. The zero-order valence-corrected chi connectivity index (χ0v) is 12.0. The molecule has 0 radical (unpaired) electrons. The smallest absolute Gasteiger partial charge is 0.251 e. The highest BCUT2D eigenvalue weighted by Gasteiger charge is 2.20. The zero-order chi connectivity index (χ0) is 12.5. The SMILES string of the molecule is CCC(C)(C)NC(=O)c1ccc2c(c1)CNC2.Cl. The van der Waals surface area contributed by atoms with E-state index in [1.807, 2.05) is 32.0 Å². The van der Waals surface area contributed by atoms with Crippen LogP contribution in [0.4, 0.5) is 0 Å². The van der Waals surface area contributed by atoms with Crippen molar-refractivity contribution in [3.05, 3.63) is 34.9 Å². The van der Waals surface area contributed by atoms with Crippen molar-refractivity contribution >= 4 is 18.3 Å². The fourth-order valence-corrected chi connectivity index (χ4v) is 1.90. The summed E-state index contributed by atoms with van der Waals surface area (Å²) in [6.45, 7) is 7.94. The van der Waals surface area contributed by atoms with Gasteiger partial charge in [0.2, 0.25) is 0 Å². The average Bonchev–Trinajstić information content (AvgIpc) is 2.75. The summed E-state index contributed by atoms with van der Waals surface area (Å²) in [5.41, 5.74) is 3.16. The fraction of sp³-hybridized carbons (Fsp3) is 0.500. The lowest BCUT2D eigenvalue weighted by Crippen LogP contribution is -2.42. The first-order valence-electron chi connectivity index (χ1n) is 6.17. The van der Waals surface area contributed by atoms with Crippen molar-refractivity contribution in [2.24, 2.45) is 0 Å². The lowest BCUT2D eigenvalue weighted by molar-refractivity contribution is 0.0911. The third kappa shape index (κ3) is 3.24. The predicted molar refractivity (Wildman–Crippen MR) is 76.1 cm³/mol. The van der Waals surface area contributed by atoms with E-state index in [1.165, 1.54) is 11.1 Å². The molecule has 2 rings (SSSR count). The van der Waals surface area contributed by atoms with Gasteiger partial charge < -0.3 is 10.6 Å². The van der Waals surface area contributed by atoms with Crippen LogP contribution in [0, 0.1) is 0 Å². The van der Waals surface area contributed by atoms with Crippen LogP contribution in [0.25, 0.3) is 0 Å². The van der Waals surface area contributed by atoms with Crippen molar-refractivity contribution in [1.82, 2.24) is 10.6 Å². The average molecular weight is 269 g/mol. The summed E-state index contributed by atoms with van der Waals surface area (Å²) in [6, 6.07) is 5.95. The van der Waals surface area contributed by atoms with E-state index in [9.17, 15) is 4.79 Å². The third-order valence-electron chi connectivity index (χ3n) is 3.44. The van der Waals surface area contributed by atoms with Gasteiger partial charge >= 0.3 is 0 Å². The summed E-state index contributed by atoms with van der Waals surface area (Å²) in [6.07, 6.45) is 0.922. The minimum Gasteiger partial charge on any atom is -0.347 e. The largest absolute Gasteiger partial charge is 0.347 e. The maximum atomic E-state index is 12.1. The van der Waals surface area contributed by atoms with Crippen molar-refractivity contribution in [1.29, 1.82) is 0 Å². The Morgan fingerprint density at radius 1 is 1.33 bits per heavy atom. The summed E-state index contributed by atoms with van der Waals surface area (Å²) in [4.78, 5) is 12.1. The zero-order valence-electron chi connectivity index (χ0n) is 11.2. The van der Waals surface area contributed by atoms with Crippen LogP contribution in [0.5, 0.6) is 0 Å². The molecule has 100 valence electrons. The number of hydrogen-bond donors (Lipinski definition) is 2. The molecule has 0 unspecified atom stereocenters. The molecule has 4 heteroatoms.